The van der Waals surface area contributed by atoms with Gasteiger partial charge in [0, 0.05) is 23.9 Å². The second kappa shape index (κ2) is 6.28. The maximum Gasteiger partial charge on any atom is 0.224 e. The van der Waals surface area contributed by atoms with Gasteiger partial charge in [-0.05, 0) is 24.6 Å². The molecule has 0 fully saturated rings. The van der Waals surface area contributed by atoms with Gasteiger partial charge in [-0.3, -0.25) is 9.20 Å². The van der Waals surface area contributed by atoms with Crippen molar-refractivity contribution in [2.45, 2.75) is 19.8 Å². The molecule has 0 radical (unpaired) electrons. The number of fused-ring (bicyclic) bond motifs is 1. The summed E-state index contributed by atoms with van der Waals surface area (Å²) in [7, 11) is 0. The highest BCUT2D eigenvalue weighted by Crippen LogP contribution is 2.24. The van der Waals surface area contributed by atoms with Crippen molar-refractivity contribution >= 4 is 17.2 Å². The predicted molar refractivity (Wildman–Crippen MR) is 86.7 cm³/mol. The first-order valence-electron chi connectivity index (χ1n) is 7.35. The van der Waals surface area contributed by atoms with Crippen molar-refractivity contribution in [3.8, 4) is 17.3 Å². The van der Waals surface area contributed by atoms with Crippen LogP contribution in [0.3, 0.4) is 0 Å². The Bertz CT molecular complexity index is 907. The number of amides is 1. The van der Waals surface area contributed by atoms with Gasteiger partial charge in [-0.1, -0.05) is 19.1 Å². The van der Waals surface area contributed by atoms with Gasteiger partial charge in [-0.15, -0.1) is 0 Å². The molecular formula is C17H15N5O. The summed E-state index contributed by atoms with van der Waals surface area (Å²) in [6.45, 7) is 1.97. The molecule has 114 valence electrons. The number of nitrogens with one attached hydrogen (secondary N) is 1. The molecule has 3 rings (SSSR count). The molecule has 0 unspecified atom stereocenters. The van der Waals surface area contributed by atoms with Crippen LogP contribution in [0, 0.1) is 11.3 Å². The van der Waals surface area contributed by atoms with Crippen LogP contribution in [-0.2, 0) is 4.79 Å². The van der Waals surface area contributed by atoms with E-state index in [1.165, 1.54) is 0 Å². The van der Waals surface area contributed by atoms with Crippen LogP contribution in [0.2, 0.25) is 0 Å². The number of carbonyl (C=O) groups excluding carboxylic acids is 1. The van der Waals surface area contributed by atoms with Crippen LogP contribution in [0.25, 0.3) is 16.9 Å². The van der Waals surface area contributed by atoms with Crippen molar-refractivity contribution in [2.24, 2.45) is 0 Å². The number of carbonyl (C=O) groups is 1. The third-order valence-electron chi connectivity index (χ3n) is 3.46. The Morgan fingerprint density at radius 1 is 1.35 bits per heavy atom. The molecule has 0 aliphatic heterocycles. The number of benzene rings is 1. The Balaban J connectivity index is 2.01. The second-order valence-electron chi connectivity index (χ2n) is 5.11. The lowest BCUT2D eigenvalue weighted by molar-refractivity contribution is -0.116. The zero-order valence-corrected chi connectivity index (χ0v) is 12.7. The zero-order valence-electron chi connectivity index (χ0n) is 12.7. The highest BCUT2D eigenvalue weighted by atomic mass is 16.1. The lowest BCUT2D eigenvalue weighted by Crippen LogP contribution is -2.10. The van der Waals surface area contributed by atoms with Gasteiger partial charge in [-0.2, -0.15) is 5.26 Å². The summed E-state index contributed by atoms with van der Waals surface area (Å²) in [6, 6.07) is 11.4. The molecule has 0 spiro atoms. The van der Waals surface area contributed by atoms with Crippen molar-refractivity contribution in [3.05, 3.63) is 48.5 Å². The molecule has 23 heavy (non-hydrogen) atoms. The molecule has 3 aromatic rings. The van der Waals surface area contributed by atoms with Gasteiger partial charge >= 0.3 is 0 Å². The molecule has 2 heterocycles. The van der Waals surface area contributed by atoms with Crippen molar-refractivity contribution < 1.29 is 4.79 Å². The Labute approximate surface area is 133 Å². The van der Waals surface area contributed by atoms with E-state index in [0.29, 0.717) is 17.8 Å². The summed E-state index contributed by atoms with van der Waals surface area (Å²) in [4.78, 5) is 20.0. The maximum atomic E-state index is 11.7. The topological polar surface area (TPSA) is 83.1 Å². The van der Waals surface area contributed by atoms with Crippen molar-refractivity contribution in [1.82, 2.24) is 14.4 Å². The van der Waals surface area contributed by atoms with Crippen LogP contribution in [0.5, 0.6) is 0 Å². The first-order valence-corrected chi connectivity index (χ1v) is 7.35. The van der Waals surface area contributed by atoms with E-state index in [4.69, 9.17) is 5.26 Å². The molecule has 0 saturated heterocycles. The van der Waals surface area contributed by atoms with Crippen molar-refractivity contribution in [2.75, 3.05) is 5.32 Å². The Morgan fingerprint density at radius 2 is 2.22 bits per heavy atom. The van der Waals surface area contributed by atoms with E-state index in [0.717, 1.165) is 23.4 Å². The molecule has 0 atom stereocenters. The summed E-state index contributed by atoms with van der Waals surface area (Å²) < 4.78 is 1.77. The van der Waals surface area contributed by atoms with Crippen LogP contribution in [0.1, 0.15) is 25.5 Å². The van der Waals surface area contributed by atoms with Gasteiger partial charge in [0.2, 0.25) is 5.91 Å². The fourth-order valence-corrected chi connectivity index (χ4v) is 2.42. The summed E-state index contributed by atoms with van der Waals surface area (Å²) in [5.74, 6) is -0.000997. The van der Waals surface area contributed by atoms with E-state index in [1.807, 2.05) is 43.3 Å². The molecule has 6 heteroatoms. The number of hydrogen-bond acceptors (Lipinski definition) is 4. The minimum atomic E-state index is -0.000997. The Morgan fingerprint density at radius 3 is 3.00 bits per heavy atom. The Kier molecular flexibility index (Phi) is 4.02. The average molecular weight is 305 g/mol. The van der Waals surface area contributed by atoms with Crippen molar-refractivity contribution in [1.29, 1.82) is 5.26 Å². The smallest absolute Gasteiger partial charge is 0.224 e. The molecule has 1 amide bonds. The van der Waals surface area contributed by atoms with Crippen LogP contribution in [0.4, 0.5) is 5.69 Å². The molecule has 0 aliphatic rings. The van der Waals surface area contributed by atoms with Gasteiger partial charge in [0.05, 0.1) is 5.69 Å². The summed E-state index contributed by atoms with van der Waals surface area (Å²) in [5, 5.41) is 12.0. The monoisotopic (exact) mass is 305 g/mol. The van der Waals surface area contributed by atoms with E-state index in [1.54, 1.807) is 16.9 Å². The fourth-order valence-electron chi connectivity index (χ4n) is 2.42. The first-order chi connectivity index (χ1) is 11.2. The number of nitriles is 1. The SMILES string of the molecule is CCCC(=O)Nc1cccc(-c2ccnc3c(C#N)ncn23)c1. The molecule has 1 aromatic carbocycles. The number of imidazole rings is 1. The lowest BCUT2D eigenvalue weighted by atomic mass is 10.1. The van der Waals surface area contributed by atoms with E-state index < -0.39 is 0 Å². The highest BCUT2D eigenvalue weighted by molar-refractivity contribution is 5.91. The number of rotatable bonds is 4. The molecule has 0 bridgehead atoms. The normalized spacial score (nSPS) is 10.4. The van der Waals surface area contributed by atoms with Gasteiger partial charge in [0.25, 0.3) is 0 Å². The maximum absolute atomic E-state index is 11.7. The number of aromatic nitrogens is 3. The van der Waals surface area contributed by atoms with Crippen LogP contribution < -0.4 is 5.32 Å². The number of anilines is 1. The number of hydrogen-bond donors (Lipinski definition) is 1. The lowest BCUT2D eigenvalue weighted by Gasteiger charge is -2.09. The Hall–Kier alpha value is -3.20. The summed E-state index contributed by atoms with van der Waals surface area (Å²) >= 11 is 0. The zero-order chi connectivity index (χ0) is 16.2. The highest BCUT2D eigenvalue weighted by Gasteiger charge is 2.10. The molecule has 0 saturated carbocycles. The first kappa shape index (κ1) is 14.7. The third kappa shape index (κ3) is 2.90. The van der Waals surface area contributed by atoms with Gasteiger partial charge in [-0.25, -0.2) is 9.97 Å². The average Bonchev–Trinajstić information content (AvgIpc) is 2.98. The van der Waals surface area contributed by atoms with Crippen LogP contribution >= 0.6 is 0 Å². The summed E-state index contributed by atoms with van der Waals surface area (Å²) in [6.07, 6.45) is 4.54. The number of nitrogens with zero attached hydrogens (tertiary/aromatic N) is 4. The molecule has 1 N–H and O–H groups in total. The van der Waals surface area contributed by atoms with Crippen molar-refractivity contribution in [3.63, 3.8) is 0 Å². The van der Waals surface area contributed by atoms with E-state index >= 15 is 0 Å². The molecule has 2 aromatic heterocycles. The second-order valence-corrected chi connectivity index (χ2v) is 5.11. The van der Waals surface area contributed by atoms with Gasteiger partial charge in [0.15, 0.2) is 11.3 Å². The standard InChI is InChI=1S/C17H15N5O/c1-2-4-16(23)21-13-6-3-5-12(9-13)15-7-8-19-17-14(10-18)20-11-22(15)17/h3,5-9,11H,2,4H2,1H3,(H,21,23). The quantitative estimate of drug-likeness (QED) is 0.803. The third-order valence-corrected chi connectivity index (χ3v) is 3.46. The van der Waals surface area contributed by atoms with Gasteiger partial charge in [0.1, 0.15) is 12.4 Å². The fraction of sp³-hybridized carbons (Fsp3) is 0.176. The van der Waals surface area contributed by atoms with E-state index in [2.05, 4.69) is 15.3 Å². The molecule has 6 nitrogen and oxygen atoms in total. The predicted octanol–water partition coefficient (Wildman–Crippen LogP) is 3.01. The molecular weight excluding hydrogens is 290 g/mol. The summed E-state index contributed by atoms with van der Waals surface area (Å²) in [5.41, 5.74) is 3.32. The molecule has 0 aliphatic carbocycles. The minimum absolute atomic E-state index is 0.000997. The van der Waals surface area contributed by atoms with Crippen LogP contribution in [0.15, 0.2) is 42.9 Å². The van der Waals surface area contributed by atoms with E-state index in [9.17, 15) is 4.79 Å². The largest absolute Gasteiger partial charge is 0.326 e. The van der Waals surface area contributed by atoms with E-state index in [-0.39, 0.29) is 5.91 Å². The van der Waals surface area contributed by atoms with Crippen LogP contribution in [-0.4, -0.2) is 20.3 Å². The van der Waals surface area contributed by atoms with Gasteiger partial charge < -0.3 is 5.32 Å². The minimum Gasteiger partial charge on any atom is -0.326 e.